The Kier molecular flexibility index (Phi) is 4.15. The summed E-state index contributed by atoms with van der Waals surface area (Å²) in [5, 5.41) is 3.26. The van der Waals surface area contributed by atoms with Crippen molar-refractivity contribution in [2.75, 3.05) is 19.5 Å². The van der Waals surface area contributed by atoms with E-state index in [9.17, 15) is 9.59 Å². The molecule has 3 rings (SSSR count). The summed E-state index contributed by atoms with van der Waals surface area (Å²) in [4.78, 5) is 30.7. The highest BCUT2D eigenvalue weighted by molar-refractivity contribution is 6.11. The Morgan fingerprint density at radius 1 is 1.12 bits per heavy atom. The maximum atomic E-state index is 12.6. The predicted octanol–water partition coefficient (Wildman–Crippen LogP) is 2.19. The lowest BCUT2D eigenvalue weighted by Gasteiger charge is -2.12. The first kappa shape index (κ1) is 15.5. The molecule has 2 aromatic carbocycles. The molecule has 7 heteroatoms. The van der Waals surface area contributed by atoms with Gasteiger partial charge in [0.2, 0.25) is 0 Å². The number of para-hydroxylation sites is 1. The van der Waals surface area contributed by atoms with Crippen LogP contribution < -0.4 is 20.5 Å². The number of ether oxygens (including phenoxy) is 2. The SMILES string of the molecule is COc1ccc(OC)c(NC(=O)c2nc(=O)[nH]c3ccccc23)c1. The maximum Gasteiger partial charge on any atom is 0.346 e. The van der Waals surface area contributed by atoms with Crippen LogP contribution in [-0.4, -0.2) is 30.1 Å². The quantitative estimate of drug-likeness (QED) is 0.767. The van der Waals surface area contributed by atoms with Gasteiger partial charge in [-0.25, -0.2) is 4.79 Å². The molecule has 122 valence electrons. The second-order valence-electron chi connectivity index (χ2n) is 4.96. The molecule has 0 aliphatic carbocycles. The van der Waals surface area contributed by atoms with Gasteiger partial charge in [0.05, 0.1) is 25.4 Å². The summed E-state index contributed by atoms with van der Waals surface area (Å²) in [6, 6.07) is 12.0. The molecule has 0 radical (unpaired) electrons. The first-order valence-corrected chi connectivity index (χ1v) is 7.15. The molecule has 2 N–H and O–H groups in total. The van der Waals surface area contributed by atoms with Gasteiger partial charge >= 0.3 is 5.69 Å². The number of benzene rings is 2. The normalized spacial score (nSPS) is 10.4. The number of H-pyrrole nitrogens is 1. The Morgan fingerprint density at radius 2 is 1.92 bits per heavy atom. The molecule has 0 unspecified atom stereocenters. The molecule has 0 aliphatic rings. The lowest BCUT2D eigenvalue weighted by Crippen LogP contribution is -2.21. The van der Waals surface area contributed by atoms with Crippen molar-refractivity contribution < 1.29 is 14.3 Å². The van der Waals surface area contributed by atoms with E-state index in [1.54, 1.807) is 42.5 Å². The Hall–Kier alpha value is -3.35. The number of carbonyl (C=O) groups excluding carboxylic acids is 1. The number of carbonyl (C=O) groups is 1. The highest BCUT2D eigenvalue weighted by Gasteiger charge is 2.16. The van der Waals surface area contributed by atoms with Crippen molar-refractivity contribution in [3.8, 4) is 11.5 Å². The summed E-state index contributed by atoms with van der Waals surface area (Å²) in [6.45, 7) is 0. The topological polar surface area (TPSA) is 93.3 Å². The molecule has 3 aromatic rings. The zero-order chi connectivity index (χ0) is 17.1. The molecule has 0 spiro atoms. The zero-order valence-corrected chi connectivity index (χ0v) is 13.1. The number of rotatable bonds is 4. The van der Waals surface area contributed by atoms with Gasteiger partial charge in [0.15, 0.2) is 0 Å². The average molecular weight is 325 g/mol. The minimum absolute atomic E-state index is 0.0409. The highest BCUT2D eigenvalue weighted by Crippen LogP contribution is 2.29. The van der Waals surface area contributed by atoms with Gasteiger partial charge in [0.25, 0.3) is 5.91 Å². The van der Waals surface area contributed by atoms with E-state index in [1.165, 1.54) is 14.2 Å². The molecular formula is C17H15N3O4. The number of anilines is 1. The van der Waals surface area contributed by atoms with Crippen molar-refractivity contribution >= 4 is 22.5 Å². The van der Waals surface area contributed by atoms with Crippen LogP contribution in [0.3, 0.4) is 0 Å². The van der Waals surface area contributed by atoms with Gasteiger partial charge in [0, 0.05) is 11.5 Å². The first-order valence-electron chi connectivity index (χ1n) is 7.15. The van der Waals surface area contributed by atoms with Gasteiger partial charge in [-0.3, -0.25) is 4.79 Å². The first-order chi connectivity index (χ1) is 11.6. The Balaban J connectivity index is 2.04. The fourth-order valence-electron chi connectivity index (χ4n) is 2.37. The molecule has 0 fully saturated rings. The summed E-state index contributed by atoms with van der Waals surface area (Å²) < 4.78 is 10.4. The van der Waals surface area contributed by atoms with E-state index < -0.39 is 11.6 Å². The standard InChI is InChI=1S/C17H15N3O4/c1-23-10-7-8-14(24-2)13(9-10)18-16(21)15-11-5-3-4-6-12(11)19-17(22)20-15/h3-9H,1-2H3,(H,18,21)(H,19,20,22). The van der Waals surface area contributed by atoms with Gasteiger partial charge in [-0.05, 0) is 18.2 Å². The maximum absolute atomic E-state index is 12.6. The Labute approximate surface area is 137 Å². The third kappa shape index (κ3) is 2.91. The summed E-state index contributed by atoms with van der Waals surface area (Å²) in [5.74, 6) is 0.525. The number of amides is 1. The largest absolute Gasteiger partial charge is 0.497 e. The molecule has 0 saturated carbocycles. The number of aromatic amines is 1. The third-order valence-electron chi connectivity index (χ3n) is 3.51. The summed E-state index contributed by atoms with van der Waals surface area (Å²) in [7, 11) is 3.03. The van der Waals surface area contributed by atoms with Gasteiger partial charge < -0.3 is 19.8 Å². The number of fused-ring (bicyclic) bond motifs is 1. The lowest BCUT2D eigenvalue weighted by molar-refractivity contribution is 0.102. The third-order valence-corrected chi connectivity index (χ3v) is 3.51. The van der Waals surface area contributed by atoms with Gasteiger partial charge in [-0.2, -0.15) is 4.98 Å². The zero-order valence-electron chi connectivity index (χ0n) is 13.1. The van der Waals surface area contributed by atoms with Gasteiger partial charge in [-0.15, -0.1) is 0 Å². The molecule has 1 amide bonds. The molecule has 1 aromatic heterocycles. The number of aromatic nitrogens is 2. The van der Waals surface area contributed by atoms with E-state index in [-0.39, 0.29) is 5.69 Å². The number of hydrogen-bond donors (Lipinski definition) is 2. The summed E-state index contributed by atoms with van der Waals surface area (Å²) >= 11 is 0. The van der Waals surface area contributed by atoms with Crippen molar-refractivity contribution in [1.82, 2.24) is 9.97 Å². The summed E-state index contributed by atoms with van der Waals surface area (Å²) in [6.07, 6.45) is 0. The number of nitrogens with one attached hydrogen (secondary N) is 2. The molecule has 1 heterocycles. The molecule has 0 bridgehead atoms. The van der Waals surface area contributed by atoms with Crippen molar-refractivity contribution in [2.24, 2.45) is 0 Å². The van der Waals surface area contributed by atoms with E-state index in [1.807, 2.05) is 0 Å². The van der Waals surface area contributed by atoms with Crippen molar-refractivity contribution in [1.29, 1.82) is 0 Å². The van der Waals surface area contributed by atoms with Crippen LogP contribution in [0.1, 0.15) is 10.5 Å². The number of hydrogen-bond acceptors (Lipinski definition) is 5. The average Bonchev–Trinajstić information content (AvgIpc) is 2.60. The van der Waals surface area contributed by atoms with Crippen molar-refractivity contribution in [3.63, 3.8) is 0 Å². The number of methoxy groups -OCH3 is 2. The molecule has 0 atom stereocenters. The van der Waals surface area contributed by atoms with Crippen LogP contribution in [0.4, 0.5) is 5.69 Å². The van der Waals surface area contributed by atoms with Crippen LogP contribution in [0, 0.1) is 0 Å². The fourth-order valence-corrected chi connectivity index (χ4v) is 2.37. The van der Waals surface area contributed by atoms with Crippen LogP contribution in [-0.2, 0) is 0 Å². The van der Waals surface area contributed by atoms with E-state index in [0.717, 1.165) is 0 Å². The van der Waals surface area contributed by atoms with Gasteiger partial charge in [-0.1, -0.05) is 18.2 Å². The number of nitrogens with zero attached hydrogens (tertiary/aromatic N) is 1. The Bertz CT molecular complexity index is 965. The molecule has 0 saturated heterocycles. The molecule has 0 aliphatic heterocycles. The Morgan fingerprint density at radius 3 is 2.67 bits per heavy atom. The molecular weight excluding hydrogens is 310 g/mol. The molecule has 24 heavy (non-hydrogen) atoms. The van der Waals surface area contributed by atoms with Crippen LogP contribution in [0.2, 0.25) is 0 Å². The van der Waals surface area contributed by atoms with Crippen LogP contribution in [0.5, 0.6) is 11.5 Å². The van der Waals surface area contributed by atoms with Crippen LogP contribution in [0.15, 0.2) is 47.3 Å². The van der Waals surface area contributed by atoms with E-state index in [0.29, 0.717) is 28.1 Å². The predicted molar refractivity (Wildman–Crippen MR) is 89.9 cm³/mol. The smallest absolute Gasteiger partial charge is 0.346 e. The fraction of sp³-hybridized carbons (Fsp3) is 0.118. The minimum Gasteiger partial charge on any atom is -0.497 e. The van der Waals surface area contributed by atoms with E-state index in [2.05, 4.69) is 15.3 Å². The second kappa shape index (κ2) is 6.41. The van der Waals surface area contributed by atoms with E-state index >= 15 is 0 Å². The summed E-state index contributed by atoms with van der Waals surface area (Å²) in [5.41, 5.74) is 0.420. The van der Waals surface area contributed by atoms with Crippen molar-refractivity contribution in [2.45, 2.75) is 0 Å². The van der Waals surface area contributed by atoms with Crippen molar-refractivity contribution in [3.05, 3.63) is 58.6 Å². The monoisotopic (exact) mass is 325 g/mol. The van der Waals surface area contributed by atoms with Crippen LogP contribution in [0.25, 0.3) is 10.9 Å². The molecule has 7 nitrogen and oxygen atoms in total. The van der Waals surface area contributed by atoms with Gasteiger partial charge in [0.1, 0.15) is 17.2 Å². The second-order valence-corrected chi connectivity index (χ2v) is 4.96. The van der Waals surface area contributed by atoms with E-state index in [4.69, 9.17) is 9.47 Å². The minimum atomic E-state index is -0.587. The lowest BCUT2D eigenvalue weighted by atomic mass is 10.1. The van der Waals surface area contributed by atoms with Crippen LogP contribution >= 0.6 is 0 Å². The highest BCUT2D eigenvalue weighted by atomic mass is 16.5.